The van der Waals surface area contributed by atoms with E-state index in [-0.39, 0.29) is 11.3 Å². The Morgan fingerprint density at radius 1 is 1.28 bits per heavy atom. The first-order chi connectivity index (χ1) is 11.8. The Labute approximate surface area is 141 Å². The summed E-state index contributed by atoms with van der Waals surface area (Å²) in [5.41, 5.74) is 0.136. The number of benzene rings is 1. The normalized spacial score (nSPS) is 16.2. The number of carboxylic acid groups (broad SMARTS) is 1. The van der Waals surface area contributed by atoms with Gasteiger partial charge in [0.25, 0.3) is 0 Å². The molecule has 0 unspecified atom stereocenters. The molecule has 0 spiro atoms. The molecule has 1 aliphatic heterocycles. The van der Waals surface area contributed by atoms with Crippen molar-refractivity contribution >= 4 is 22.7 Å². The van der Waals surface area contributed by atoms with Gasteiger partial charge in [-0.3, -0.25) is 4.79 Å². The van der Waals surface area contributed by atoms with Crippen molar-refractivity contribution in [1.29, 1.82) is 0 Å². The third kappa shape index (κ3) is 3.45. The van der Waals surface area contributed by atoms with E-state index in [1.807, 2.05) is 0 Å². The zero-order chi connectivity index (χ0) is 18.2. The molecule has 6 nitrogen and oxygen atoms in total. The van der Waals surface area contributed by atoms with Crippen molar-refractivity contribution in [3.63, 3.8) is 0 Å². The van der Waals surface area contributed by atoms with Gasteiger partial charge in [0.15, 0.2) is 0 Å². The van der Waals surface area contributed by atoms with Crippen molar-refractivity contribution in [3.05, 3.63) is 24.0 Å². The van der Waals surface area contributed by atoms with Gasteiger partial charge >= 0.3 is 12.1 Å². The number of hydrogen-bond acceptors (Lipinski definition) is 5. The third-order valence-corrected chi connectivity index (χ3v) is 4.28. The second-order valence-electron chi connectivity index (χ2n) is 5.85. The van der Waals surface area contributed by atoms with Crippen LogP contribution >= 0.6 is 0 Å². The molecule has 9 heteroatoms. The zero-order valence-corrected chi connectivity index (χ0v) is 13.4. The lowest BCUT2D eigenvalue weighted by molar-refractivity contribution is -0.144. The number of fused-ring (bicyclic) bond motifs is 1. The SMILES string of the molecule is COc1ccc2c(N3CCC(C(=O)O)CC3)nc(C(F)(F)F)nc2c1. The fourth-order valence-electron chi connectivity index (χ4n) is 2.93. The summed E-state index contributed by atoms with van der Waals surface area (Å²) in [6, 6.07) is 4.68. The molecule has 1 aromatic carbocycles. The molecule has 1 fully saturated rings. The molecule has 25 heavy (non-hydrogen) atoms. The van der Waals surface area contributed by atoms with Gasteiger partial charge < -0.3 is 14.7 Å². The van der Waals surface area contributed by atoms with Crippen LogP contribution < -0.4 is 9.64 Å². The summed E-state index contributed by atoms with van der Waals surface area (Å²) in [4.78, 5) is 20.1. The Bertz CT molecular complexity index is 802. The Kier molecular flexibility index (Phi) is 4.40. The fraction of sp³-hybridized carbons (Fsp3) is 0.438. The Hall–Kier alpha value is -2.58. The number of carbonyl (C=O) groups is 1. The summed E-state index contributed by atoms with van der Waals surface area (Å²) in [6.45, 7) is 0.652. The number of methoxy groups -OCH3 is 1. The number of nitrogens with zero attached hydrogens (tertiary/aromatic N) is 3. The van der Waals surface area contributed by atoms with E-state index in [1.54, 1.807) is 17.0 Å². The van der Waals surface area contributed by atoms with E-state index in [0.29, 0.717) is 37.1 Å². The molecule has 0 bridgehead atoms. The molecule has 3 rings (SSSR count). The number of aromatic nitrogens is 2. The highest BCUT2D eigenvalue weighted by Crippen LogP contribution is 2.34. The predicted molar refractivity (Wildman–Crippen MR) is 83.7 cm³/mol. The number of anilines is 1. The highest BCUT2D eigenvalue weighted by molar-refractivity contribution is 5.90. The molecular formula is C16H16F3N3O3. The van der Waals surface area contributed by atoms with Crippen LogP contribution in [0.25, 0.3) is 10.9 Å². The minimum atomic E-state index is -4.68. The first-order valence-corrected chi connectivity index (χ1v) is 7.70. The molecule has 0 radical (unpaired) electrons. The minimum Gasteiger partial charge on any atom is -0.497 e. The van der Waals surface area contributed by atoms with Gasteiger partial charge in [0.2, 0.25) is 5.82 Å². The molecule has 1 saturated heterocycles. The molecule has 0 saturated carbocycles. The average molecular weight is 355 g/mol. The van der Waals surface area contributed by atoms with Gasteiger partial charge in [-0.25, -0.2) is 9.97 Å². The molecule has 134 valence electrons. The van der Waals surface area contributed by atoms with Crippen LogP contribution in [0.5, 0.6) is 5.75 Å². The van der Waals surface area contributed by atoms with Crippen LogP contribution in [0.15, 0.2) is 18.2 Å². The third-order valence-electron chi connectivity index (χ3n) is 4.28. The van der Waals surface area contributed by atoms with Crippen molar-refractivity contribution in [2.45, 2.75) is 19.0 Å². The van der Waals surface area contributed by atoms with Crippen LogP contribution in [0.3, 0.4) is 0 Å². The molecule has 0 amide bonds. The second kappa shape index (κ2) is 6.38. The lowest BCUT2D eigenvalue weighted by Crippen LogP contribution is -2.37. The van der Waals surface area contributed by atoms with Crippen molar-refractivity contribution < 1.29 is 27.8 Å². The van der Waals surface area contributed by atoms with Gasteiger partial charge in [-0.1, -0.05) is 0 Å². The summed E-state index contributed by atoms with van der Waals surface area (Å²) in [5, 5.41) is 9.54. The van der Waals surface area contributed by atoms with E-state index < -0.39 is 23.9 Å². The number of aliphatic carboxylic acids is 1. The Morgan fingerprint density at radius 2 is 1.96 bits per heavy atom. The molecule has 1 aromatic heterocycles. The summed E-state index contributed by atoms with van der Waals surface area (Å²) < 4.78 is 44.5. The number of piperidine rings is 1. The van der Waals surface area contributed by atoms with Crippen LogP contribution in [0.2, 0.25) is 0 Å². The maximum Gasteiger partial charge on any atom is 0.451 e. The first-order valence-electron chi connectivity index (χ1n) is 7.70. The highest BCUT2D eigenvalue weighted by Gasteiger charge is 2.36. The van der Waals surface area contributed by atoms with Gasteiger partial charge in [-0.15, -0.1) is 0 Å². The number of ether oxygens (including phenoxy) is 1. The lowest BCUT2D eigenvalue weighted by atomic mass is 9.97. The molecular weight excluding hydrogens is 339 g/mol. The largest absolute Gasteiger partial charge is 0.497 e. The molecule has 0 atom stereocenters. The number of rotatable bonds is 3. The maximum absolute atomic E-state index is 13.2. The predicted octanol–water partition coefficient (Wildman–Crippen LogP) is 2.96. The molecule has 1 aliphatic rings. The molecule has 2 aromatic rings. The van der Waals surface area contributed by atoms with Gasteiger partial charge in [0.1, 0.15) is 11.6 Å². The summed E-state index contributed by atoms with van der Waals surface area (Å²) in [5.74, 6) is -2.01. The van der Waals surface area contributed by atoms with Crippen LogP contribution in [0.1, 0.15) is 18.7 Å². The maximum atomic E-state index is 13.2. The first kappa shape index (κ1) is 17.2. The summed E-state index contributed by atoms with van der Waals surface area (Å²) >= 11 is 0. The van der Waals surface area contributed by atoms with Crippen molar-refractivity contribution in [3.8, 4) is 5.75 Å². The smallest absolute Gasteiger partial charge is 0.451 e. The van der Waals surface area contributed by atoms with E-state index in [4.69, 9.17) is 9.84 Å². The summed E-state index contributed by atoms with van der Waals surface area (Å²) in [6.07, 6.45) is -3.96. The lowest BCUT2D eigenvalue weighted by Gasteiger charge is -2.32. The van der Waals surface area contributed by atoms with E-state index in [1.165, 1.54) is 13.2 Å². The minimum absolute atomic E-state index is 0.136. The second-order valence-corrected chi connectivity index (χ2v) is 5.85. The number of carboxylic acids is 1. The van der Waals surface area contributed by atoms with Crippen LogP contribution in [-0.2, 0) is 11.0 Å². The van der Waals surface area contributed by atoms with Crippen molar-refractivity contribution in [2.75, 3.05) is 25.1 Å². The number of hydrogen-bond donors (Lipinski definition) is 1. The molecule has 1 N–H and O–H groups in total. The molecule has 0 aliphatic carbocycles. The topological polar surface area (TPSA) is 75.5 Å². The van der Waals surface area contributed by atoms with Gasteiger partial charge in [0.05, 0.1) is 18.5 Å². The van der Waals surface area contributed by atoms with Gasteiger partial charge in [0, 0.05) is 24.5 Å². The quantitative estimate of drug-likeness (QED) is 0.912. The van der Waals surface area contributed by atoms with Crippen molar-refractivity contribution in [1.82, 2.24) is 9.97 Å². The van der Waals surface area contributed by atoms with E-state index in [0.717, 1.165) is 0 Å². The highest BCUT2D eigenvalue weighted by atomic mass is 19.4. The Balaban J connectivity index is 2.05. The fourth-order valence-corrected chi connectivity index (χ4v) is 2.93. The monoisotopic (exact) mass is 355 g/mol. The van der Waals surface area contributed by atoms with Crippen LogP contribution in [0.4, 0.5) is 19.0 Å². The number of alkyl halides is 3. The average Bonchev–Trinajstić information content (AvgIpc) is 2.59. The van der Waals surface area contributed by atoms with Crippen molar-refractivity contribution in [2.24, 2.45) is 5.92 Å². The van der Waals surface area contributed by atoms with Crippen LogP contribution in [0, 0.1) is 5.92 Å². The van der Waals surface area contributed by atoms with Gasteiger partial charge in [-0.2, -0.15) is 13.2 Å². The Morgan fingerprint density at radius 3 is 2.52 bits per heavy atom. The van der Waals surface area contributed by atoms with E-state index in [9.17, 15) is 18.0 Å². The van der Waals surface area contributed by atoms with E-state index in [2.05, 4.69) is 9.97 Å². The standard InChI is InChI=1S/C16H16F3N3O3/c1-25-10-2-3-11-12(8-10)20-15(16(17,18)19)21-13(11)22-6-4-9(5-7-22)14(23)24/h2-3,8-9H,4-7H2,1H3,(H,23,24). The van der Waals surface area contributed by atoms with E-state index >= 15 is 0 Å². The summed E-state index contributed by atoms with van der Waals surface area (Å²) in [7, 11) is 1.42. The van der Waals surface area contributed by atoms with Gasteiger partial charge in [-0.05, 0) is 25.0 Å². The molecule has 2 heterocycles. The zero-order valence-electron chi connectivity index (χ0n) is 13.4. The van der Waals surface area contributed by atoms with Crippen LogP contribution in [-0.4, -0.2) is 41.2 Å². The number of halogens is 3.